The molecular weight excluding hydrogens is 271 g/mol. The van der Waals surface area contributed by atoms with Crippen LogP contribution in [0.2, 0.25) is 0 Å². The maximum absolute atomic E-state index is 13.3. The van der Waals surface area contributed by atoms with Gasteiger partial charge in [-0.15, -0.1) is 0 Å². The number of hydrogen-bond donors (Lipinski definition) is 1. The molecule has 0 radical (unpaired) electrons. The average Bonchev–Trinajstić information content (AvgIpc) is 2.43. The van der Waals surface area contributed by atoms with Gasteiger partial charge in [0.15, 0.2) is 0 Å². The fourth-order valence-corrected chi connectivity index (χ4v) is 1.86. The van der Waals surface area contributed by atoms with E-state index < -0.39 is 11.8 Å². The zero-order valence-electron chi connectivity index (χ0n) is 11.8. The molecule has 0 heterocycles. The first kappa shape index (κ1) is 14.8. The van der Waals surface area contributed by atoms with Crippen molar-refractivity contribution >= 4 is 12.0 Å². The lowest BCUT2D eigenvalue weighted by Gasteiger charge is -2.12. The maximum Gasteiger partial charge on any atom is 0.328 e. The van der Waals surface area contributed by atoms with Crippen LogP contribution < -0.4 is 4.74 Å². The summed E-state index contributed by atoms with van der Waals surface area (Å²) in [6, 6.07) is 9.65. The molecule has 0 fully saturated rings. The van der Waals surface area contributed by atoms with Crippen molar-refractivity contribution in [2.45, 2.75) is 13.8 Å². The Hall–Kier alpha value is -2.62. The van der Waals surface area contributed by atoms with Crippen molar-refractivity contribution in [2.75, 3.05) is 0 Å². The predicted octanol–water partition coefficient (Wildman–Crippen LogP) is 4.33. The van der Waals surface area contributed by atoms with E-state index in [2.05, 4.69) is 0 Å². The van der Waals surface area contributed by atoms with Crippen LogP contribution in [0.15, 0.2) is 42.5 Å². The molecule has 0 aliphatic heterocycles. The van der Waals surface area contributed by atoms with Crippen LogP contribution in [0.5, 0.6) is 11.5 Å². The van der Waals surface area contributed by atoms with E-state index in [0.717, 1.165) is 17.2 Å². The number of carbonyl (C=O) groups is 1. The highest BCUT2D eigenvalue weighted by atomic mass is 19.1. The van der Waals surface area contributed by atoms with Crippen molar-refractivity contribution in [3.8, 4) is 11.5 Å². The van der Waals surface area contributed by atoms with Crippen LogP contribution in [0.1, 0.15) is 16.7 Å². The Morgan fingerprint density at radius 2 is 1.95 bits per heavy atom. The zero-order chi connectivity index (χ0) is 15.4. The summed E-state index contributed by atoms with van der Waals surface area (Å²) < 4.78 is 19.1. The fraction of sp³-hybridized carbons (Fsp3) is 0.118. The number of rotatable bonds is 4. The highest BCUT2D eigenvalue weighted by Crippen LogP contribution is 2.30. The Balaban J connectivity index is 2.39. The molecule has 1 N–H and O–H groups in total. The Morgan fingerprint density at radius 1 is 1.19 bits per heavy atom. The molecule has 0 saturated heterocycles. The highest BCUT2D eigenvalue weighted by Gasteiger charge is 2.08. The standard InChI is InChI=1S/C17H15FO3/c1-11-4-3-5-15(12(11)2)21-16-8-7-14(18)10-13(16)6-9-17(19)20/h3-10H,1-2H3,(H,19,20)/b9-6+. The number of carboxylic acids is 1. The third kappa shape index (κ3) is 3.69. The topological polar surface area (TPSA) is 46.5 Å². The van der Waals surface area contributed by atoms with Gasteiger partial charge in [0.05, 0.1) is 0 Å². The lowest BCUT2D eigenvalue weighted by Crippen LogP contribution is -1.93. The molecule has 0 spiro atoms. The van der Waals surface area contributed by atoms with Crippen molar-refractivity contribution in [1.29, 1.82) is 0 Å². The molecule has 0 atom stereocenters. The Kier molecular flexibility index (Phi) is 4.38. The van der Waals surface area contributed by atoms with Crippen molar-refractivity contribution in [1.82, 2.24) is 0 Å². The number of benzene rings is 2. The normalized spacial score (nSPS) is 10.8. The highest BCUT2D eigenvalue weighted by molar-refractivity contribution is 5.85. The summed E-state index contributed by atoms with van der Waals surface area (Å²) in [5, 5.41) is 8.68. The van der Waals surface area contributed by atoms with E-state index in [0.29, 0.717) is 17.1 Å². The van der Waals surface area contributed by atoms with Gasteiger partial charge in [-0.3, -0.25) is 0 Å². The first-order valence-electron chi connectivity index (χ1n) is 6.42. The van der Waals surface area contributed by atoms with Crippen LogP contribution >= 0.6 is 0 Å². The van der Waals surface area contributed by atoms with Gasteiger partial charge in [-0.05, 0) is 55.3 Å². The lowest BCUT2D eigenvalue weighted by atomic mass is 10.1. The van der Waals surface area contributed by atoms with E-state index >= 15 is 0 Å². The third-order valence-corrected chi connectivity index (χ3v) is 3.15. The van der Waals surface area contributed by atoms with Gasteiger partial charge >= 0.3 is 5.97 Å². The van der Waals surface area contributed by atoms with Crippen LogP contribution in [-0.4, -0.2) is 11.1 Å². The van der Waals surface area contributed by atoms with Gasteiger partial charge in [0.2, 0.25) is 0 Å². The summed E-state index contributed by atoms with van der Waals surface area (Å²) in [5.41, 5.74) is 2.44. The number of aliphatic carboxylic acids is 1. The molecule has 21 heavy (non-hydrogen) atoms. The van der Waals surface area contributed by atoms with Crippen LogP contribution in [0, 0.1) is 19.7 Å². The van der Waals surface area contributed by atoms with Gasteiger partial charge in [0, 0.05) is 11.6 Å². The molecule has 2 rings (SSSR count). The largest absolute Gasteiger partial charge is 0.478 e. The number of carboxylic acid groups (broad SMARTS) is 1. The Labute approximate surface area is 122 Å². The van der Waals surface area contributed by atoms with Crippen LogP contribution in [0.3, 0.4) is 0 Å². The lowest BCUT2D eigenvalue weighted by molar-refractivity contribution is -0.131. The van der Waals surface area contributed by atoms with Gasteiger partial charge in [0.25, 0.3) is 0 Å². The van der Waals surface area contributed by atoms with E-state index in [1.807, 2.05) is 32.0 Å². The number of ether oxygens (including phenoxy) is 1. The molecule has 2 aromatic rings. The van der Waals surface area contributed by atoms with E-state index in [4.69, 9.17) is 9.84 Å². The second-order valence-corrected chi connectivity index (χ2v) is 4.65. The molecule has 0 aliphatic rings. The summed E-state index contributed by atoms with van der Waals surface area (Å²) >= 11 is 0. The van der Waals surface area contributed by atoms with Crippen molar-refractivity contribution in [2.24, 2.45) is 0 Å². The number of aryl methyl sites for hydroxylation is 1. The second-order valence-electron chi connectivity index (χ2n) is 4.65. The zero-order valence-corrected chi connectivity index (χ0v) is 11.8. The average molecular weight is 286 g/mol. The molecule has 3 nitrogen and oxygen atoms in total. The van der Waals surface area contributed by atoms with Crippen LogP contribution in [0.4, 0.5) is 4.39 Å². The summed E-state index contributed by atoms with van der Waals surface area (Å²) in [7, 11) is 0. The van der Waals surface area contributed by atoms with Crippen molar-refractivity contribution in [3.05, 3.63) is 65.0 Å². The summed E-state index contributed by atoms with van der Waals surface area (Å²) in [6.45, 7) is 3.90. The molecule has 0 amide bonds. The fourth-order valence-electron chi connectivity index (χ4n) is 1.86. The predicted molar refractivity (Wildman–Crippen MR) is 79.1 cm³/mol. The second kappa shape index (κ2) is 6.22. The Bertz CT molecular complexity index is 705. The SMILES string of the molecule is Cc1cccc(Oc2ccc(F)cc2/C=C/C(=O)O)c1C. The van der Waals surface area contributed by atoms with Crippen LogP contribution in [-0.2, 0) is 4.79 Å². The van der Waals surface area contributed by atoms with Crippen molar-refractivity contribution < 1.29 is 19.0 Å². The van der Waals surface area contributed by atoms with Gasteiger partial charge in [0.1, 0.15) is 17.3 Å². The number of halogens is 1. The van der Waals surface area contributed by atoms with Gasteiger partial charge < -0.3 is 9.84 Å². The summed E-state index contributed by atoms with van der Waals surface area (Å²) in [5.74, 6) is -0.487. The van der Waals surface area contributed by atoms with Crippen LogP contribution in [0.25, 0.3) is 6.08 Å². The molecule has 0 bridgehead atoms. The molecule has 0 unspecified atom stereocenters. The molecule has 4 heteroatoms. The van der Waals surface area contributed by atoms with E-state index in [1.165, 1.54) is 24.3 Å². The third-order valence-electron chi connectivity index (χ3n) is 3.15. The molecule has 0 saturated carbocycles. The minimum Gasteiger partial charge on any atom is -0.478 e. The first-order chi connectivity index (χ1) is 9.97. The van der Waals surface area contributed by atoms with E-state index in [9.17, 15) is 9.18 Å². The smallest absolute Gasteiger partial charge is 0.328 e. The van der Waals surface area contributed by atoms with Gasteiger partial charge in [-0.2, -0.15) is 0 Å². The number of hydrogen-bond acceptors (Lipinski definition) is 2. The van der Waals surface area contributed by atoms with Gasteiger partial charge in [-0.1, -0.05) is 12.1 Å². The molecular formula is C17H15FO3. The Morgan fingerprint density at radius 3 is 2.67 bits per heavy atom. The first-order valence-corrected chi connectivity index (χ1v) is 6.42. The van der Waals surface area contributed by atoms with E-state index in [1.54, 1.807) is 0 Å². The molecule has 0 aromatic heterocycles. The quantitative estimate of drug-likeness (QED) is 0.851. The maximum atomic E-state index is 13.3. The minimum atomic E-state index is -1.10. The monoisotopic (exact) mass is 286 g/mol. The van der Waals surface area contributed by atoms with Crippen molar-refractivity contribution in [3.63, 3.8) is 0 Å². The molecule has 0 aliphatic carbocycles. The summed E-state index contributed by atoms with van der Waals surface area (Å²) in [6.07, 6.45) is 2.26. The van der Waals surface area contributed by atoms with E-state index in [-0.39, 0.29) is 0 Å². The minimum absolute atomic E-state index is 0.373. The van der Waals surface area contributed by atoms with Gasteiger partial charge in [-0.25, -0.2) is 9.18 Å². The molecule has 2 aromatic carbocycles. The summed E-state index contributed by atoms with van der Waals surface area (Å²) in [4.78, 5) is 10.6. The molecule has 108 valence electrons.